The molecule has 1 heterocycles. The molecule has 1 aliphatic rings. The molecule has 41 heavy (non-hydrogen) atoms. The van der Waals surface area contributed by atoms with Crippen molar-refractivity contribution >= 4 is 21.6 Å². The lowest BCUT2D eigenvalue weighted by molar-refractivity contribution is -0.137. The summed E-state index contributed by atoms with van der Waals surface area (Å²) in [7, 11) is -2.83. The van der Waals surface area contributed by atoms with Crippen LogP contribution >= 0.6 is 0 Å². The predicted molar refractivity (Wildman–Crippen MR) is 139 cm³/mol. The third-order valence-electron chi connectivity index (χ3n) is 5.57. The lowest BCUT2D eigenvalue weighted by Gasteiger charge is -2.31. The van der Waals surface area contributed by atoms with Crippen molar-refractivity contribution in [2.75, 3.05) is 24.5 Å². The summed E-state index contributed by atoms with van der Waals surface area (Å²) < 4.78 is 115. The average Bonchev–Trinajstić information content (AvgIpc) is 2.91. The minimum atomic E-state index is -4.74. The Labute approximate surface area is 232 Å². The van der Waals surface area contributed by atoms with Crippen molar-refractivity contribution in [3.63, 3.8) is 0 Å². The van der Waals surface area contributed by atoms with Gasteiger partial charge in [-0.15, -0.1) is 6.58 Å². The highest BCUT2D eigenvalue weighted by Gasteiger charge is 2.35. The maximum Gasteiger partial charge on any atom is 0.416 e. The van der Waals surface area contributed by atoms with Crippen LogP contribution in [0.25, 0.3) is 11.1 Å². The number of benzene rings is 3. The molecule has 220 valence electrons. The van der Waals surface area contributed by atoms with Gasteiger partial charge >= 0.3 is 12.8 Å². The first-order chi connectivity index (χ1) is 19.3. The number of fused-ring (bicyclic) bond motifs is 1. The second kappa shape index (κ2) is 13.0. The van der Waals surface area contributed by atoms with E-state index in [1.54, 1.807) is 13.1 Å². The number of amides is 1. The summed E-state index contributed by atoms with van der Waals surface area (Å²) >= 11 is 0. The number of hydrogen-bond acceptors (Lipinski definition) is 5. The zero-order chi connectivity index (χ0) is 30.4. The molecule has 0 saturated carbocycles. The number of halogens is 6. The molecule has 0 fully saturated rings. The molecule has 1 aliphatic heterocycles. The molecule has 1 N–H and O–H groups in total. The highest BCUT2D eigenvalue weighted by Crippen LogP contribution is 2.40. The number of carbonyl (C=O) groups excluding carboxylic acids is 1. The van der Waals surface area contributed by atoms with Crippen LogP contribution < -0.4 is 19.1 Å². The minimum Gasteiger partial charge on any atom is -0.489 e. The number of anilines is 1. The van der Waals surface area contributed by atoms with Crippen LogP contribution in [0.3, 0.4) is 0 Å². The van der Waals surface area contributed by atoms with Gasteiger partial charge in [-0.25, -0.2) is 12.8 Å². The zero-order valence-electron chi connectivity index (χ0n) is 21.4. The molecule has 14 heteroatoms. The number of rotatable bonds is 7. The molecule has 0 radical (unpaired) electrons. The molecule has 0 bridgehead atoms. The quantitative estimate of drug-likeness (QED) is 0.265. The monoisotopic (exact) mass is 602 g/mol. The second-order valence-electron chi connectivity index (χ2n) is 8.35. The fraction of sp³-hybridized carbons (Fsp3) is 0.222. The van der Waals surface area contributed by atoms with Gasteiger partial charge in [-0.3, -0.25) is 9.10 Å². The summed E-state index contributed by atoms with van der Waals surface area (Å²) in [6, 6.07) is 10.5. The number of ether oxygens (including phenoxy) is 2. The van der Waals surface area contributed by atoms with Gasteiger partial charge < -0.3 is 14.8 Å². The van der Waals surface area contributed by atoms with Crippen molar-refractivity contribution in [3.8, 4) is 22.6 Å². The first kappa shape index (κ1) is 31.3. The van der Waals surface area contributed by atoms with Crippen molar-refractivity contribution in [3.05, 3.63) is 84.7 Å². The molecular formula is C27H24F6N2O5S. The Morgan fingerprint density at radius 3 is 2.46 bits per heavy atom. The number of carbonyl (C=O) groups is 1. The maximum atomic E-state index is 14.0. The molecule has 0 spiro atoms. The largest absolute Gasteiger partial charge is 0.489 e. The van der Waals surface area contributed by atoms with Crippen molar-refractivity contribution in [2.24, 2.45) is 0 Å². The smallest absolute Gasteiger partial charge is 0.416 e. The molecule has 3 aromatic carbocycles. The normalized spacial score (nSPS) is 12.9. The molecule has 3 aromatic rings. The number of nitrogens with zero attached hydrogens (tertiary/aromatic N) is 1. The van der Waals surface area contributed by atoms with Crippen LogP contribution in [0.5, 0.6) is 11.5 Å². The van der Waals surface area contributed by atoms with E-state index < -0.39 is 44.8 Å². The molecular weight excluding hydrogens is 578 g/mol. The lowest BCUT2D eigenvalue weighted by atomic mass is 10.0. The molecule has 7 nitrogen and oxygen atoms in total. The van der Waals surface area contributed by atoms with Gasteiger partial charge in [0.2, 0.25) is 5.91 Å². The lowest BCUT2D eigenvalue weighted by Crippen LogP contribution is -2.38. The van der Waals surface area contributed by atoms with Crippen molar-refractivity contribution in [2.45, 2.75) is 24.1 Å². The third kappa shape index (κ3) is 7.93. The summed E-state index contributed by atoms with van der Waals surface area (Å²) in [4.78, 5) is 9.66. The van der Waals surface area contributed by atoms with Gasteiger partial charge in [-0.1, -0.05) is 18.2 Å². The standard InChI is InChI=1S/C22H15F6NO4S.C5H9NO/c23-16-8-14(9-17(12-16)33-21(24)25)13-4-5-20-19(10-13)29(6-7-32-20)34(30,31)18-3-1-2-15(11-18)22(26,27)28;1-3-4-5(7)6-2/h1-5,8-12,21H,6-7H2;3H,1,4H2,2H3,(H,6,7). The van der Waals surface area contributed by atoms with E-state index in [-0.39, 0.29) is 41.6 Å². The zero-order valence-corrected chi connectivity index (χ0v) is 22.2. The summed E-state index contributed by atoms with van der Waals surface area (Å²) in [5.41, 5.74) is -0.767. The van der Waals surface area contributed by atoms with Crippen molar-refractivity contribution in [1.29, 1.82) is 0 Å². The molecule has 0 aromatic heterocycles. The van der Waals surface area contributed by atoms with Crippen LogP contribution in [-0.4, -0.2) is 41.1 Å². The fourth-order valence-electron chi connectivity index (χ4n) is 3.72. The SMILES string of the molecule is C=CCC(=O)NC.O=S(=O)(c1cccc(C(F)(F)F)c1)N1CCOc2ccc(-c3cc(F)cc(OC(F)F)c3)cc21. The molecule has 0 aliphatic carbocycles. The molecule has 0 unspecified atom stereocenters. The van der Waals surface area contributed by atoms with Gasteiger partial charge in [0.1, 0.15) is 23.9 Å². The Morgan fingerprint density at radius 2 is 1.85 bits per heavy atom. The molecule has 0 atom stereocenters. The number of alkyl halides is 5. The number of hydrogen-bond donors (Lipinski definition) is 1. The van der Waals surface area contributed by atoms with E-state index in [4.69, 9.17) is 4.74 Å². The maximum absolute atomic E-state index is 14.0. The van der Waals surface area contributed by atoms with E-state index in [1.165, 1.54) is 18.2 Å². The summed E-state index contributed by atoms with van der Waals surface area (Å²) in [6.45, 7) is -0.0482. The third-order valence-corrected chi connectivity index (χ3v) is 7.38. The van der Waals surface area contributed by atoms with Crippen molar-refractivity contribution < 1.29 is 49.0 Å². The van der Waals surface area contributed by atoms with Crippen LogP contribution in [0, 0.1) is 5.82 Å². The van der Waals surface area contributed by atoms with Gasteiger partial charge in [-0.05, 0) is 53.6 Å². The van der Waals surface area contributed by atoms with Gasteiger partial charge in [0.25, 0.3) is 10.0 Å². The van der Waals surface area contributed by atoms with E-state index in [9.17, 15) is 39.6 Å². The van der Waals surface area contributed by atoms with Gasteiger partial charge in [0.15, 0.2) is 0 Å². The minimum absolute atomic E-state index is 0.00162. The van der Waals surface area contributed by atoms with Crippen LogP contribution in [0.4, 0.5) is 32.0 Å². The van der Waals surface area contributed by atoms with Gasteiger partial charge in [0, 0.05) is 19.5 Å². The summed E-state index contributed by atoms with van der Waals surface area (Å²) in [6.07, 6.45) is -2.76. The van der Waals surface area contributed by atoms with E-state index in [2.05, 4.69) is 16.6 Å². The summed E-state index contributed by atoms with van der Waals surface area (Å²) in [5.74, 6) is -1.16. The molecule has 1 amide bonds. The Morgan fingerprint density at radius 1 is 1.12 bits per heavy atom. The van der Waals surface area contributed by atoms with Gasteiger partial charge in [-0.2, -0.15) is 22.0 Å². The molecule has 0 saturated heterocycles. The fourth-order valence-corrected chi connectivity index (χ4v) is 5.21. The van der Waals surface area contributed by atoms with E-state index in [0.717, 1.165) is 40.7 Å². The second-order valence-corrected chi connectivity index (χ2v) is 10.2. The highest BCUT2D eigenvalue weighted by atomic mass is 32.2. The van der Waals surface area contributed by atoms with E-state index in [0.29, 0.717) is 12.5 Å². The first-order valence-corrected chi connectivity index (χ1v) is 13.2. The van der Waals surface area contributed by atoms with Crippen LogP contribution in [0.2, 0.25) is 0 Å². The Bertz CT molecular complexity index is 1510. The van der Waals surface area contributed by atoms with E-state index in [1.807, 2.05) is 0 Å². The number of nitrogens with one attached hydrogen (secondary N) is 1. The molecule has 4 rings (SSSR count). The topological polar surface area (TPSA) is 84.9 Å². The highest BCUT2D eigenvalue weighted by molar-refractivity contribution is 7.92. The Kier molecular flexibility index (Phi) is 9.92. The summed E-state index contributed by atoms with van der Waals surface area (Å²) in [5, 5.41) is 2.46. The van der Waals surface area contributed by atoms with Crippen molar-refractivity contribution in [1.82, 2.24) is 5.32 Å². The Hall–Kier alpha value is -4.20. The Balaban J connectivity index is 0.000000587. The van der Waals surface area contributed by atoms with E-state index >= 15 is 0 Å². The van der Waals surface area contributed by atoms with Crippen LogP contribution in [0.15, 0.2) is 78.2 Å². The first-order valence-electron chi connectivity index (χ1n) is 11.8. The van der Waals surface area contributed by atoms with Crippen LogP contribution in [-0.2, 0) is 21.0 Å². The van der Waals surface area contributed by atoms with Gasteiger partial charge in [0.05, 0.1) is 22.7 Å². The average molecular weight is 603 g/mol. The predicted octanol–water partition coefficient (Wildman–Crippen LogP) is 6.01. The number of sulfonamides is 1. The van der Waals surface area contributed by atoms with Crippen LogP contribution in [0.1, 0.15) is 12.0 Å².